The number of benzene rings is 1. The van der Waals surface area contributed by atoms with E-state index in [4.69, 9.17) is 9.47 Å². The fraction of sp³-hybridized carbons (Fsp3) is 0.625. The third kappa shape index (κ3) is 6.07. The number of rotatable bonds is 9. The molecule has 1 aromatic carbocycles. The maximum Gasteiger partial charge on any atom is 0.326 e. The minimum Gasteiger partial charge on any atom is -0.480 e. The first-order valence-electron chi connectivity index (χ1n) is 11.5. The van der Waals surface area contributed by atoms with E-state index in [1.165, 1.54) is 4.90 Å². The summed E-state index contributed by atoms with van der Waals surface area (Å²) in [5, 5.41) is 12.9. The number of amides is 1. The summed E-state index contributed by atoms with van der Waals surface area (Å²) < 4.78 is 10.8. The quantitative estimate of drug-likeness (QED) is 0.558. The number of piperidine rings is 1. The van der Waals surface area contributed by atoms with Gasteiger partial charge in [0.25, 0.3) is 0 Å². The number of carbonyl (C=O) groups is 3. The van der Waals surface area contributed by atoms with Gasteiger partial charge in [-0.25, -0.2) is 4.79 Å². The van der Waals surface area contributed by atoms with E-state index in [9.17, 15) is 19.5 Å². The molecular formula is C24H34N2O6. The molecule has 1 aromatic rings. The molecule has 0 aliphatic carbocycles. The number of aliphatic carboxylic acids is 1. The standard InChI is InChI=1S/C24H34N2O6/c1-3-32-24(30)20(10-9-17-7-5-4-6-8-17)25-16(2)22(27)26-14-19-15-31-12-11-18(19)13-21(26)23(28)29/h4-8,16,18-21,25H,3,9-15H2,1-2H3,(H,28,29)/t16?,18?,19?,20-,21-/m0/s1. The van der Waals surface area contributed by atoms with E-state index in [-0.39, 0.29) is 24.3 Å². The molecule has 0 radical (unpaired) electrons. The molecule has 2 heterocycles. The molecule has 3 rings (SSSR count). The number of carbonyl (C=O) groups excluding carboxylic acids is 2. The molecule has 8 heteroatoms. The SMILES string of the molecule is CCOC(=O)[C@H](CCc1ccccc1)NC(C)C(=O)N1CC2COCCC2C[C@H]1C(=O)O. The number of carboxylic acids is 1. The van der Waals surface area contributed by atoms with Gasteiger partial charge in [0, 0.05) is 19.1 Å². The Morgan fingerprint density at radius 2 is 2.00 bits per heavy atom. The first-order valence-corrected chi connectivity index (χ1v) is 11.5. The van der Waals surface area contributed by atoms with E-state index >= 15 is 0 Å². The number of esters is 1. The molecule has 2 N–H and O–H groups in total. The normalized spacial score (nSPS) is 24.8. The Bertz CT molecular complexity index is 786. The monoisotopic (exact) mass is 446 g/mol. The van der Waals surface area contributed by atoms with Crippen LogP contribution in [0.3, 0.4) is 0 Å². The number of hydrogen-bond donors (Lipinski definition) is 2. The second kappa shape index (κ2) is 11.4. The maximum atomic E-state index is 13.3. The number of carboxylic acid groups (broad SMARTS) is 1. The van der Waals surface area contributed by atoms with Crippen LogP contribution < -0.4 is 5.32 Å². The number of ether oxygens (including phenoxy) is 2. The highest BCUT2D eigenvalue weighted by molar-refractivity contribution is 5.87. The number of aryl methyl sites for hydroxylation is 1. The maximum absolute atomic E-state index is 13.3. The van der Waals surface area contributed by atoms with Gasteiger partial charge < -0.3 is 19.5 Å². The average Bonchev–Trinajstić information content (AvgIpc) is 2.80. The highest BCUT2D eigenvalue weighted by Gasteiger charge is 2.43. The summed E-state index contributed by atoms with van der Waals surface area (Å²) in [7, 11) is 0. The zero-order valence-electron chi connectivity index (χ0n) is 18.9. The van der Waals surface area contributed by atoms with Gasteiger partial charge in [-0.2, -0.15) is 0 Å². The van der Waals surface area contributed by atoms with Gasteiger partial charge in [0.2, 0.25) is 5.91 Å². The second-order valence-electron chi connectivity index (χ2n) is 8.68. The summed E-state index contributed by atoms with van der Waals surface area (Å²) in [5.41, 5.74) is 1.09. The van der Waals surface area contributed by atoms with Crippen LogP contribution in [0.4, 0.5) is 0 Å². The molecule has 0 saturated carbocycles. The van der Waals surface area contributed by atoms with Crippen molar-refractivity contribution < 1.29 is 29.0 Å². The van der Waals surface area contributed by atoms with Crippen LogP contribution in [0.5, 0.6) is 0 Å². The van der Waals surface area contributed by atoms with Crippen molar-refractivity contribution in [2.24, 2.45) is 11.8 Å². The molecule has 0 bridgehead atoms. The van der Waals surface area contributed by atoms with Crippen molar-refractivity contribution in [2.45, 2.75) is 57.7 Å². The Kier molecular flexibility index (Phi) is 8.64. The Morgan fingerprint density at radius 1 is 1.25 bits per heavy atom. The van der Waals surface area contributed by atoms with Crippen molar-refractivity contribution in [3.63, 3.8) is 0 Å². The van der Waals surface area contributed by atoms with Crippen LogP contribution in [0, 0.1) is 11.8 Å². The van der Waals surface area contributed by atoms with Gasteiger partial charge in [-0.1, -0.05) is 30.3 Å². The van der Waals surface area contributed by atoms with Crippen LogP contribution in [0.1, 0.15) is 38.7 Å². The topological polar surface area (TPSA) is 105 Å². The van der Waals surface area contributed by atoms with E-state index < -0.39 is 30.1 Å². The zero-order valence-corrected chi connectivity index (χ0v) is 18.9. The number of likely N-dealkylation sites (tertiary alicyclic amines) is 1. The zero-order chi connectivity index (χ0) is 23.1. The minimum atomic E-state index is -0.985. The molecular weight excluding hydrogens is 412 g/mol. The Hall–Kier alpha value is -2.45. The lowest BCUT2D eigenvalue weighted by atomic mass is 9.79. The van der Waals surface area contributed by atoms with E-state index in [2.05, 4.69) is 5.32 Å². The van der Waals surface area contributed by atoms with E-state index in [1.54, 1.807) is 13.8 Å². The molecule has 2 aliphatic heterocycles. The first kappa shape index (κ1) is 24.2. The molecule has 0 aromatic heterocycles. The van der Waals surface area contributed by atoms with Crippen LogP contribution in [0.2, 0.25) is 0 Å². The number of fused-ring (bicyclic) bond motifs is 1. The summed E-state index contributed by atoms with van der Waals surface area (Å²) in [6.07, 6.45) is 2.40. The molecule has 176 valence electrons. The van der Waals surface area contributed by atoms with Crippen molar-refractivity contribution in [3.05, 3.63) is 35.9 Å². The fourth-order valence-corrected chi connectivity index (χ4v) is 4.71. The van der Waals surface area contributed by atoms with Crippen LogP contribution in [0.25, 0.3) is 0 Å². The molecule has 2 fully saturated rings. The number of nitrogens with zero attached hydrogens (tertiary/aromatic N) is 1. The molecule has 2 aliphatic rings. The van der Waals surface area contributed by atoms with Crippen molar-refractivity contribution in [1.29, 1.82) is 0 Å². The fourth-order valence-electron chi connectivity index (χ4n) is 4.71. The Labute approximate surface area is 189 Å². The summed E-state index contributed by atoms with van der Waals surface area (Å²) in [5.74, 6) is -1.29. The molecule has 3 unspecified atom stereocenters. The van der Waals surface area contributed by atoms with Crippen LogP contribution in [0.15, 0.2) is 30.3 Å². The van der Waals surface area contributed by atoms with E-state index in [0.717, 1.165) is 12.0 Å². The first-order chi connectivity index (χ1) is 15.4. The van der Waals surface area contributed by atoms with Crippen molar-refractivity contribution in [3.8, 4) is 0 Å². The van der Waals surface area contributed by atoms with Gasteiger partial charge in [0.1, 0.15) is 12.1 Å². The lowest BCUT2D eigenvalue weighted by Crippen LogP contribution is -2.60. The third-order valence-corrected chi connectivity index (χ3v) is 6.49. The Balaban J connectivity index is 1.67. The van der Waals surface area contributed by atoms with Gasteiger partial charge in [0.05, 0.1) is 19.3 Å². The van der Waals surface area contributed by atoms with Crippen molar-refractivity contribution >= 4 is 17.8 Å². The largest absolute Gasteiger partial charge is 0.480 e. The van der Waals surface area contributed by atoms with Crippen molar-refractivity contribution in [1.82, 2.24) is 10.2 Å². The number of nitrogens with one attached hydrogen (secondary N) is 1. The van der Waals surface area contributed by atoms with E-state index in [0.29, 0.717) is 39.0 Å². The summed E-state index contributed by atoms with van der Waals surface area (Å²) in [4.78, 5) is 39.2. The van der Waals surface area contributed by atoms with Gasteiger partial charge >= 0.3 is 11.9 Å². The van der Waals surface area contributed by atoms with E-state index in [1.807, 2.05) is 30.3 Å². The summed E-state index contributed by atoms with van der Waals surface area (Å²) in [6, 6.07) is 7.57. The lowest BCUT2D eigenvalue weighted by molar-refractivity contribution is -0.159. The molecule has 2 saturated heterocycles. The van der Waals surface area contributed by atoms with Gasteiger partial charge in [-0.15, -0.1) is 0 Å². The predicted octanol–water partition coefficient (Wildman–Crippen LogP) is 1.87. The highest BCUT2D eigenvalue weighted by Crippen LogP contribution is 2.34. The summed E-state index contributed by atoms with van der Waals surface area (Å²) in [6.45, 7) is 5.22. The molecule has 32 heavy (non-hydrogen) atoms. The predicted molar refractivity (Wildman–Crippen MR) is 118 cm³/mol. The van der Waals surface area contributed by atoms with Crippen molar-refractivity contribution in [2.75, 3.05) is 26.4 Å². The summed E-state index contributed by atoms with van der Waals surface area (Å²) >= 11 is 0. The van der Waals surface area contributed by atoms with Crippen LogP contribution in [-0.4, -0.2) is 72.3 Å². The molecule has 0 spiro atoms. The van der Waals surface area contributed by atoms with Gasteiger partial charge in [0.15, 0.2) is 0 Å². The highest BCUT2D eigenvalue weighted by atomic mass is 16.5. The lowest BCUT2D eigenvalue weighted by Gasteiger charge is -2.45. The molecule has 1 amide bonds. The van der Waals surface area contributed by atoms with Crippen LogP contribution in [-0.2, 0) is 30.3 Å². The third-order valence-electron chi connectivity index (χ3n) is 6.49. The number of hydrogen-bond acceptors (Lipinski definition) is 6. The van der Waals surface area contributed by atoms with Crippen LogP contribution >= 0.6 is 0 Å². The molecule has 8 nitrogen and oxygen atoms in total. The average molecular weight is 447 g/mol. The second-order valence-corrected chi connectivity index (χ2v) is 8.68. The Morgan fingerprint density at radius 3 is 2.69 bits per heavy atom. The van der Waals surface area contributed by atoms with Gasteiger partial charge in [-0.3, -0.25) is 14.9 Å². The van der Waals surface area contributed by atoms with Gasteiger partial charge in [-0.05, 0) is 51.0 Å². The molecule has 5 atom stereocenters. The smallest absolute Gasteiger partial charge is 0.326 e. The minimum absolute atomic E-state index is 0.148.